The summed E-state index contributed by atoms with van der Waals surface area (Å²) in [5, 5.41) is 8.65. The molecule has 3 nitrogen and oxygen atoms in total. The SMILES string of the molecule is Cc1cc(-c2cc(F)cc(F)c2Cl)c(C#N)c(=O)[nH]1. The number of rotatable bonds is 1. The minimum Gasteiger partial charge on any atom is -0.325 e. The van der Waals surface area contributed by atoms with Crippen LogP contribution >= 0.6 is 11.6 Å². The van der Waals surface area contributed by atoms with Gasteiger partial charge in [-0.2, -0.15) is 5.26 Å². The van der Waals surface area contributed by atoms with E-state index in [1.165, 1.54) is 6.07 Å². The topological polar surface area (TPSA) is 56.6 Å². The van der Waals surface area contributed by atoms with Gasteiger partial charge < -0.3 is 4.98 Å². The van der Waals surface area contributed by atoms with Gasteiger partial charge in [-0.3, -0.25) is 4.79 Å². The van der Waals surface area contributed by atoms with Gasteiger partial charge >= 0.3 is 0 Å². The van der Waals surface area contributed by atoms with E-state index in [1.807, 2.05) is 0 Å². The Labute approximate surface area is 112 Å². The first-order valence-corrected chi connectivity index (χ1v) is 5.60. The average molecular weight is 281 g/mol. The number of aromatic amines is 1. The van der Waals surface area contributed by atoms with Crippen molar-refractivity contribution in [1.82, 2.24) is 4.98 Å². The van der Waals surface area contributed by atoms with Crippen molar-refractivity contribution in [2.45, 2.75) is 6.92 Å². The van der Waals surface area contributed by atoms with Gasteiger partial charge in [0.15, 0.2) is 0 Å². The lowest BCUT2D eigenvalue weighted by Crippen LogP contribution is -2.13. The molecule has 0 aliphatic rings. The van der Waals surface area contributed by atoms with Crippen LogP contribution in [-0.4, -0.2) is 4.98 Å². The van der Waals surface area contributed by atoms with Crippen molar-refractivity contribution in [2.75, 3.05) is 0 Å². The third-order valence-electron chi connectivity index (χ3n) is 2.56. The molecule has 0 bridgehead atoms. The summed E-state index contributed by atoms with van der Waals surface area (Å²) in [4.78, 5) is 14.1. The van der Waals surface area contributed by atoms with E-state index >= 15 is 0 Å². The largest absolute Gasteiger partial charge is 0.325 e. The highest BCUT2D eigenvalue weighted by Gasteiger charge is 2.16. The normalized spacial score (nSPS) is 10.3. The second-order valence-corrected chi connectivity index (χ2v) is 4.31. The van der Waals surface area contributed by atoms with Crippen molar-refractivity contribution in [3.63, 3.8) is 0 Å². The second-order valence-electron chi connectivity index (χ2n) is 3.93. The van der Waals surface area contributed by atoms with E-state index in [4.69, 9.17) is 16.9 Å². The summed E-state index contributed by atoms with van der Waals surface area (Å²) in [6.07, 6.45) is 0. The summed E-state index contributed by atoms with van der Waals surface area (Å²) in [6, 6.07) is 4.78. The van der Waals surface area contributed by atoms with Gasteiger partial charge in [-0.05, 0) is 19.1 Å². The molecule has 0 saturated heterocycles. The fourth-order valence-electron chi connectivity index (χ4n) is 1.76. The van der Waals surface area contributed by atoms with Crippen LogP contribution in [0.3, 0.4) is 0 Å². The summed E-state index contributed by atoms with van der Waals surface area (Å²) < 4.78 is 26.7. The summed E-state index contributed by atoms with van der Waals surface area (Å²) in [5.74, 6) is -1.78. The average Bonchev–Trinajstić information content (AvgIpc) is 2.33. The Morgan fingerprint density at radius 2 is 1.95 bits per heavy atom. The number of pyridine rings is 1. The summed E-state index contributed by atoms with van der Waals surface area (Å²) in [7, 11) is 0. The molecule has 19 heavy (non-hydrogen) atoms. The van der Waals surface area contributed by atoms with Gasteiger partial charge in [-0.1, -0.05) is 11.6 Å². The van der Waals surface area contributed by atoms with Gasteiger partial charge in [0.1, 0.15) is 23.3 Å². The lowest BCUT2D eigenvalue weighted by Gasteiger charge is -2.08. The first-order chi connectivity index (χ1) is 8.93. The van der Waals surface area contributed by atoms with Crippen LogP contribution in [0.2, 0.25) is 5.02 Å². The monoisotopic (exact) mass is 280 g/mol. The Morgan fingerprint density at radius 1 is 1.26 bits per heavy atom. The maximum absolute atomic E-state index is 13.4. The Bertz CT molecular complexity index is 762. The number of hydrogen-bond donors (Lipinski definition) is 1. The van der Waals surface area contributed by atoms with Gasteiger partial charge in [0.2, 0.25) is 0 Å². The number of nitrogens with zero attached hydrogens (tertiary/aromatic N) is 1. The zero-order valence-electron chi connectivity index (χ0n) is 9.72. The molecule has 2 rings (SSSR count). The highest BCUT2D eigenvalue weighted by atomic mass is 35.5. The Kier molecular flexibility index (Phi) is 3.36. The molecule has 1 aromatic carbocycles. The molecule has 1 aromatic heterocycles. The predicted octanol–water partition coefficient (Wildman–Crippen LogP) is 3.15. The predicted molar refractivity (Wildman–Crippen MR) is 66.9 cm³/mol. The molecule has 0 fully saturated rings. The van der Waals surface area contributed by atoms with E-state index in [0.717, 1.165) is 6.07 Å². The number of halogens is 3. The number of nitrogens with one attached hydrogen (secondary N) is 1. The summed E-state index contributed by atoms with van der Waals surface area (Å²) in [6.45, 7) is 1.59. The summed E-state index contributed by atoms with van der Waals surface area (Å²) >= 11 is 5.77. The number of benzene rings is 1. The van der Waals surface area contributed by atoms with Crippen molar-refractivity contribution in [2.24, 2.45) is 0 Å². The Hall–Kier alpha value is -2.19. The zero-order valence-corrected chi connectivity index (χ0v) is 10.5. The van der Waals surface area contributed by atoms with Crippen LogP contribution in [0.1, 0.15) is 11.3 Å². The maximum atomic E-state index is 13.4. The molecule has 96 valence electrons. The van der Waals surface area contributed by atoms with Crippen LogP contribution in [0.4, 0.5) is 8.78 Å². The van der Waals surface area contributed by atoms with Crippen molar-refractivity contribution in [1.29, 1.82) is 5.26 Å². The zero-order chi connectivity index (χ0) is 14.2. The van der Waals surface area contributed by atoms with Crippen molar-refractivity contribution in [3.8, 4) is 17.2 Å². The van der Waals surface area contributed by atoms with E-state index < -0.39 is 17.2 Å². The highest BCUT2D eigenvalue weighted by molar-refractivity contribution is 6.33. The third kappa shape index (κ3) is 2.35. The van der Waals surface area contributed by atoms with Crippen LogP contribution in [0.5, 0.6) is 0 Å². The summed E-state index contributed by atoms with van der Waals surface area (Å²) in [5.41, 5.74) is -0.326. The molecule has 0 spiro atoms. The molecule has 0 atom stereocenters. The standard InChI is InChI=1S/C13H7ClF2N2O/c1-6-2-8(10(5-17)13(19)18-6)9-3-7(15)4-11(16)12(9)14/h2-4H,1H3,(H,18,19). The van der Waals surface area contributed by atoms with E-state index in [1.54, 1.807) is 13.0 Å². The van der Waals surface area contributed by atoms with Crippen LogP contribution in [0, 0.1) is 29.9 Å². The quantitative estimate of drug-likeness (QED) is 0.816. The van der Waals surface area contributed by atoms with Crippen LogP contribution in [-0.2, 0) is 0 Å². The molecule has 0 saturated carbocycles. The van der Waals surface area contributed by atoms with Crippen LogP contribution in [0.15, 0.2) is 23.0 Å². The number of hydrogen-bond acceptors (Lipinski definition) is 2. The Balaban J connectivity index is 2.87. The smallest absolute Gasteiger partial charge is 0.266 e. The van der Waals surface area contributed by atoms with Crippen molar-refractivity contribution in [3.05, 3.63) is 56.5 Å². The van der Waals surface area contributed by atoms with Gasteiger partial charge in [0.25, 0.3) is 5.56 Å². The van der Waals surface area contributed by atoms with Gasteiger partial charge in [0, 0.05) is 22.9 Å². The molecule has 2 aromatic rings. The molecule has 6 heteroatoms. The fraction of sp³-hybridized carbons (Fsp3) is 0.0769. The van der Waals surface area contributed by atoms with Crippen molar-refractivity contribution >= 4 is 11.6 Å². The van der Waals surface area contributed by atoms with Crippen LogP contribution in [0.25, 0.3) is 11.1 Å². The minimum atomic E-state index is -0.946. The Morgan fingerprint density at radius 3 is 2.58 bits per heavy atom. The lowest BCUT2D eigenvalue weighted by molar-refractivity contribution is 0.584. The fourth-order valence-corrected chi connectivity index (χ4v) is 1.97. The molecule has 1 heterocycles. The van der Waals surface area contributed by atoms with Gasteiger partial charge in [-0.15, -0.1) is 0 Å². The van der Waals surface area contributed by atoms with Gasteiger partial charge in [-0.25, -0.2) is 8.78 Å². The van der Waals surface area contributed by atoms with E-state index in [9.17, 15) is 13.6 Å². The first kappa shape index (κ1) is 13.2. The second kappa shape index (κ2) is 4.82. The molecule has 0 radical (unpaired) electrons. The molecular formula is C13H7ClF2N2O. The van der Waals surface area contributed by atoms with Crippen molar-refractivity contribution < 1.29 is 8.78 Å². The van der Waals surface area contributed by atoms with E-state index in [-0.39, 0.29) is 21.7 Å². The first-order valence-electron chi connectivity index (χ1n) is 5.23. The minimum absolute atomic E-state index is 0.0232. The molecule has 0 aliphatic heterocycles. The molecule has 0 amide bonds. The van der Waals surface area contributed by atoms with E-state index in [2.05, 4.69) is 4.98 Å². The lowest BCUT2D eigenvalue weighted by atomic mass is 10.0. The molecule has 0 aliphatic carbocycles. The van der Waals surface area contributed by atoms with Gasteiger partial charge in [0.05, 0.1) is 5.02 Å². The number of H-pyrrole nitrogens is 1. The number of nitriles is 1. The van der Waals surface area contributed by atoms with Crippen LogP contribution < -0.4 is 5.56 Å². The molecule has 1 N–H and O–H groups in total. The highest BCUT2D eigenvalue weighted by Crippen LogP contribution is 2.32. The van der Waals surface area contributed by atoms with E-state index in [0.29, 0.717) is 11.8 Å². The third-order valence-corrected chi connectivity index (χ3v) is 2.95. The number of aryl methyl sites for hydroxylation is 1. The molecular weight excluding hydrogens is 274 g/mol. The number of aromatic nitrogens is 1. The molecule has 0 unspecified atom stereocenters. The maximum Gasteiger partial charge on any atom is 0.266 e.